The molecule has 0 spiro atoms. The lowest BCUT2D eigenvalue weighted by molar-refractivity contribution is 0.122. The molecule has 0 saturated carbocycles. The number of aromatic nitrogens is 5. The highest BCUT2D eigenvalue weighted by atomic mass is 16.5. The molecule has 10 heteroatoms. The lowest BCUT2D eigenvalue weighted by atomic mass is 10.1. The van der Waals surface area contributed by atoms with Crippen LogP contribution in [-0.4, -0.2) is 71.1 Å². The van der Waals surface area contributed by atoms with Crippen LogP contribution in [0.15, 0.2) is 29.6 Å². The Bertz CT molecular complexity index is 1050. The van der Waals surface area contributed by atoms with Gasteiger partial charge in [-0.05, 0) is 6.07 Å². The Morgan fingerprint density at radius 1 is 1.21 bits per heavy atom. The number of hydrogen-bond donors (Lipinski definition) is 1. The summed E-state index contributed by atoms with van der Waals surface area (Å²) in [6.45, 7) is 3.91. The summed E-state index contributed by atoms with van der Waals surface area (Å²) >= 11 is 0. The topological polar surface area (TPSA) is 107 Å². The van der Waals surface area contributed by atoms with Gasteiger partial charge in [0.15, 0.2) is 0 Å². The van der Waals surface area contributed by atoms with E-state index in [1.54, 1.807) is 32.6 Å². The van der Waals surface area contributed by atoms with E-state index >= 15 is 0 Å². The Morgan fingerprint density at radius 2 is 1.97 bits per heavy atom. The highest BCUT2D eigenvalue weighted by molar-refractivity contribution is 5.91. The van der Waals surface area contributed by atoms with Crippen molar-refractivity contribution in [2.75, 3.05) is 56.8 Å². The molecule has 1 fully saturated rings. The molecule has 0 amide bonds. The van der Waals surface area contributed by atoms with Gasteiger partial charge in [-0.15, -0.1) is 0 Å². The number of aryl methyl sites for hydroxylation is 1. The monoisotopic (exact) mass is 397 g/mol. The van der Waals surface area contributed by atoms with Crippen LogP contribution in [0.2, 0.25) is 0 Å². The molecule has 4 heterocycles. The van der Waals surface area contributed by atoms with Gasteiger partial charge in [-0.2, -0.15) is 0 Å². The van der Waals surface area contributed by atoms with Crippen molar-refractivity contribution in [1.82, 2.24) is 24.5 Å². The number of fused-ring (bicyclic) bond motifs is 1. The minimum Gasteiger partial charge on any atom is -0.383 e. The number of hydrogen-bond acceptors (Lipinski definition) is 9. The third-order valence-corrected chi connectivity index (χ3v) is 4.73. The van der Waals surface area contributed by atoms with Gasteiger partial charge < -0.3 is 24.3 Å². The molecule has 0 aliphatic carbocycles. The van der Waals surface area contributed by atoms with Crippen molar-refractivity contribution in [2.45, 2.75) is 0 Å². The number of nitrogens with one attached hydrogen (secondary N) is 1. The van der Waals surface area contributed by atoms with Crippen LogP contribution in [-0.2, 0) is 16.5 Å². The van der Waals surface area contributed by atoms with Gasteiger partial charge in [0.25, 0.3) is 5.56 Å². The summed E-state index contributed by atoms with van der Waals surface area (Å²) in [5, 5.41) is 3.62. The smallest absolute Gasteiger partial charge is 0.264 e. The first kappa shape index (κ1) is 19.2. The van der Waals surface area contributed by atoms with E-state index in [2.05, 4.69) is 30.2 Å². The Labute approximate surface area is 167 Å². The number of anilines is 2. The summed E-state index contributed by atoms with van der Waals surface area (Å²) in [6.07, 6.45) is 4.99. The van der Waals surface area contributed by atoms with E-state index < -0.39 is 0 Å². The number of rotatable bonds is 6. The van der Waals surface area contributed by atoms with E-state index in [0.29, 0.717) is 54.7 Å². The molecule has 1 aliphatic rings. The highest BCUT2D eigenvalue weighted by Crippen LogP contribution is 2.24. The molecule has 29 heavy (non-hydrogen) atoms. The quantitative estimate of drug-likeness (QED) is 0.601. The number of ether oxygens (including phenoxy) is 2. The molecule has 1 N–H and O–H groups in total. The standard InChI is InChI=1S/C19H23N7O3/c1-25-12-23-15-9-14(24-17(16(15)18(25)27)20-3-6-28-2)13-10-21-19(22-11-13)26-4-7-29-8-5-26/h9-12H,3-8H2,1-2H3,(H,20,24). The van der Waals surface area contributed by atoms with Crippen LogP contribution >= 0.6 is 0 Å². The molecule has 1 saturated heterocycles. The number of morpholine rings is 1. The number of pyridine rings is 1. The Kier molecular flexibility index (Phi) is 5.63. The predicted octanol–water partition coefficient (Wildman–Crippen LogP) is 0.680. The highest BCUT2D eigenvalue weighted by Gasteiger charge is 2.16. The third-order valence-electron chi connectivity index (χ3n) is 4.73. The van der Waals surface area contributed by atoms with Crippen molar-refractivity contribution in [1.29, 1.82) is 0 Å². The summed E-state index contributed by atoms with van der Waals surface area (Å²) in [5.41, 5.74) is 1.80. The molecule has 0 radical (unpaired) electrons. The maximum absolute atomic E-state index is 12.6. The molecule has 0 atom stereocenters. The molecule has 0 bridgehead atoms. The van der Waals surface area contributed by atoms with Gasteiger partial charge in [0.1, 0.15) is 11.2 Å². The largest absolute Gasteiger partial charge is 0.383 e. The third kappa shape index (κ3) is 4.03. The predicted molar refractivity (Wildman–Crippen MR) is 109 cm³/mol. The number of nitrogens with zero attached hydrogens (tertiary/aromatic N) is 6. The van der Waals surface area contributed by atoms with Crippen molar-refractivity contribution >= 4 is 22.7 Å². The van der Waals surface area contributed by atoms with Crippen LogP contribution in [0.5, 0.6) is 0 Å². The van der Waals surface area contributed by atoms with Crippen molar-refractivity contribution in [3.8, 4) is 11.3 Å². The van der Waals surface area contributed by atoms with E-state index in [-0.39, 0.29) is 5.56 Å². The molecule has 4 rings (SSSR count). The zero-order chi connectivity index (χ0) is 20.2. The van der Waals surface area contributed by atoms with Crippen LogP contribution in [0.3, 0.4) is 0 Å². The average molecular weight is 397 g/mol. The van der Waals surface area contributed by atoms with Crippen molar-refractivity contribution < 1.29 is 9.47 Å². The summed E-state index contributed by atoms with van der Waals surface area (Å²) in [4.78, 5) is 32.7. The van der Waals surface area contributed by atoms with Crippen LogP contribution in [0, 0.1) is 0 Å². The first-order valence-electron chi connectivity index (χ1n) is 9.41. The summed E-state index contributed by atoms with van der Waals surface area (Å²) < 4.78 is 11.9. The molecule has 152 valence electrons. The summed E-state index contributed by atoms with van der Waals surface area (Å²) in [5.74, 6) is 1.14. The Hall–Kier alpha value is -3.11. The van der Waals surface area contributed by atoms with Gasteiger partial charge in [0, 0.05) is 51.7 Å². The first-order valence-corrected chi connectivity index (χ1v) is 9.41. The van der Waals surface area contributed by atoms with Gasteiger partial charge in [-0.3, -0.25) is 4.79 Å². The molecule has 10 nitrogen and oxygen atoms in total. The minimum absolute atomic E-state index is 0.159. The Balaban J connectivity index is 1.71. The van der Waals surface area contributed by atoms with E-state index in [1.165, 1.54) is 10.9 Å². The second-order valence-electron chi connectivity index (χ2n) is 6.70. The first-order chi connectivity index (χ1) is 14.2. The Morgan fingerprint density at radius 3 is 2.69 bits per heavy atom. The molecule has 1 aliphatic heterocycles. The van der Waals surface area contributed by atoms with Gasteiger partial charge in [0.05, 0.1) is 37.4 Å². The van der Waals surface area contributed by atoms with Gasteiger partial charge >= 0.3 is 0 Å². The SMILES string of the molecule is COCCNc1nc(-c2cnc(N3CCOCC3)nc2)cc2ncn(C)c(=O)c12. The lowest BCUT2D eigenvalue weighted by Gasteiger charge is -2.26. The van der Waals surface area contributed by atoms with Crippen molar-refractivity contribution in [3.05, 3.63) is 35.1 Å². The zero-order valence-electron chi connectivity index (χ0n) is 16.5. The second-order valence-corrected chi connectivity index (χ2v) is 6.70. The van der Waals surface area contributed by atoms with E-state index in [9.17, 15) is 4.79 Å². The van der Waals surface area contributed by atoms with Crippen LogP contribution in [0.4, 0.5) is 11.8 Å². The number of methoxy groups -OCH3 is 1. The zero-order valence-corrected chi connectivity index (χ0v) is 16.5. The van der Waals surface area contributed by atoms with Gasteiger partial charge in [0.2, 0.25) is 5.95 Å². The fraction of sp³-hybridized carbons (Fsp3) is 0.421. The molecular formula is C19H23N7O3. The van der Waals surface area contributed by atoms with E-state index in [0.717, 1.165) is 18.7 Å². The summed E-state index contributed by atoms with van der Waals surface area (Å²) in [6, 6.07) is 1.78. The molecule has 0 aromatic carbocycles. The van der Waals surface area contributed by atoms with Crippen molar-refractivity contribution in [3.63, 3.8) is 0 Å². The lowest BCUT2D eigenvalue weighted by Crippen LogP contribution is -2.37. The fourth-order valence-corrected chi connectivity index (χ4v) is 3.15. The van der Waals surface area contributed by atoms with Crippen LogP contribution in [0.25, 0.3) is 22.2 Å². The second kappa shape index (κ2) is 8.50. The minimum atomic E-state index is -0.159. The maximum atomic E-state index is 12.6. The normalized spacial score (nSPS) is 14.3. The van der Waals surface area contributed by atoms with Crippen LogP contribution < -0.4 is 15.8 Å². The van der Waals surface area contributed by atoms with Gasteiger partial charge in [-0.25, -0.2) is 19.9 Å². The average Bonchev–Trinajstić information content (AvgIpc) is 2.77. The molecular weight excluding hydrogens is 374 g/mol. The van der Waals surface area contributed by atoms with Crippen molar-refractivity contribution in [2.24, 2.45) is 7.05 Å². The molecule has 3 aromatic rings. The summed E-state index contributed by atoms with van der Waals surface area (Å²) in [7, 11) is 3.29. The van der Waals surface area contributed by atoms with Gasteiger partial charge in [-0.1, -0.05) is 0 Å². The van der Waals surface area contributed by atoms with E-state index in [1.807, 2.05) is 0 Å². The molecule has 3 aromatic heterocycles. The molecule has 0 unspecified atom stereocenters. The van der Waals surface area contributed by atoms with Crippen LogP contribution in [0.1, 0.15) is 0 Å². The fourth-order valence-electron chi connectivity index (χ4n) is 3.15. The maximum Gasteiger partial charge on any atom is 0.264 e. The van der Waals surface area contributed by atoms with E-state index in [4.69, 9.17) is 9.47 Å².